The van der Waals surface area contributed by atoms with E-state index >= 15 is 0 Å². The first-order chi connectivity index (χ1) is 16.9. The first-order valence-electron chi connectivity index (χ1n) is 13.7. The molecule has 0 radical (unpaired) electrons. The maximum absolute atomic E-state index is 13.0. The fourth-order valence-corrected chi connectivity index (χ4v) is 6.13. The number of nitrogens with one attached hydrogen (secondary N) is 5. The fraction of sp³-hybridized carbons (Fsp3) is 0.960. The van der Waals surface area contributed by atoms with Crippen molar-refractivity contribution in [1.82, 2.24) is 41.3 Å². The second kappa shape index (κ2) is 14.8. The number of ether oxygens (including phenoxy) is 1. The second-order valence-corrected chi connectivity index (χ2v) is 10.8. The normalized spacial score (nSPS) is 33.6. The van der Waals surface area contributed by atoms with Crippen molar-refractivity contribution in [3.63, 3.8) is 0 Å². The summed E-state index contributed by atoms with van der Waals surface area (Å²) in [5, 5.41) is 17.3. The number of esters is 1. The first-order valence-corrected chi connectivity index (χ1v) is 13.7. The Kier molecular flexibility index (Phi) is 12.1. The number of piperidine rings is 1. The summed E-state index contributed by atoms with van der Waals surface area (Å²) in [6, 6.07) is 1.48. The number of hydrogen-bond donors (Lipinski definition) is 5. The van der Waals surface area contributed by atoms with E-state index in [1.807, 2.05) is 14.1 Å². The zero-order valence-electron chi connectivity index (χ0n) is 22.8. The van der Waals surface area contributed by atoms with Gasteiger partial charge in [-0.2, -0.15) is 0 Å². The molecule has 3 rings (SSSR count). The fourth-order valence-electron chi connectivity index (χ4n) is 6.13. The molecule has 0 spiro atoms. The van der Waals surface area contributed by atoms with Gasteiger partial charge in [0.15, 0.2) is 0 Å². The molecule has 3 heterocycles. The topological polar surface area (TPSA) is 96.2 Å². The van der Waals surface area contributed by atoms with Crippen LogP contribution in [0.5, 0.6) is 0 Å². The van der Waals surface area contributed by atoms with Crippen molar-refractivity contribution in [2.45, 2.75) is 50.0 Å². The SMILES string of the molecule is CNCCN1C[C@H](CCOC(=O)C2CN(CCNC)C(C3CN(C)CCC3NC)CN2)N[C@H](C)C1. The van der Waals surface area contributed by atoms with Crippen LogP contribution in [0.2, 0.25) is 0 Å². The van der Waals surface area contributed by atoms with Crippen molar-refractivity contribution in [3.8, 4) is 0 Å². The summed E-state index contributed by atoms with van der Waals surface area (Å²) >= 11 is 0. The molecule has 3 fully saturated rings. The minimum Gasteiger partial charge on any atom is -0.464 e. The molecule has 10 nitrogen and oxygen atoms in total. The Bertz CT molecular complexity index is 626. The molecule has 3 saturated heterocycles. The number of nitrogens with zero attached hydrogens (tertiary/aromatic N) is 3. The highest BCUT2D eigenvalue weighted by Gasteiger charge is 2.40. The molecule has 10 heteroatoms. The largest absolute Gasteiger partial charge is 0.464 e. The predicted molar refractivity (Wildman–Crippen MR) is 142 cm³/mol. The van der Waals surface area contributed by atoms with Crippen LogP contribution >= 0.6 is 0 Å². The monoisotopic (exact) mass is 496 g/mol. The van der Waals surface area contributed by atoms with Gasteiger partial charge in [-0.3, -0.25) is 14.6 Å². The Morgan fingerprint density at radius 1 is 1.06 bits per heavy atom. The number of hydrogen-bond acceptors (Lipinski definition) is 10. The van der Waals surface area contributed by atoms with Gasteiger partial charge in [0.1, 0.15) is 6.04 Å². The Balaban J connectivity index is 1.49. The Hall–Kier alpha value is -0.850. The molecule has 4 unspecified atom stereocenters. The van der Waals surface area contributed by atoms with E-state index in [1.54, 1.807) is 0 Å². The van der Waals surface area contributed by atoms with E-state index in [1.165, 1.54) is 6.42 Å². The van der Waals surface area contributed by atoms with Gasteiger partial charge in [-0.15, -0.1) is 0 Å². The van der Waals surface area contributed by atoms with Gasteiger partial charge in [0.2, 0.25) is 0 Å². The number of likely N-dealkylation sites (N-methyl/N-ethyl adjacent to an activating group) is 2. The van der Waals surface area contributed by atoms with Crippen LogP contribution in [-0.2, 0) is 9.53 Å². The van der Waals surface area contributed by atoms with Crippen molar-refractivity contribution < 1.29 is 9.53 Å². The summed E-state index contributed by atoms with van der Waals surface area (Å²) < 4.78 is 5.79. The quantitative estimate of drug-likeness (QED) is 0.199. The molecule has 3 aliphatic rings. The van der Waals surface area contributed by atoms with Crippen LogP contribution in [0.4, 0.5) is 0 Å². The number of carbonyl (C=O) groups is 1. The predicted octanol–water partition coefficient (Wildman–Crippen LogP) is -1.80. The van der Waals surface area contributed by atoms with Crippen LogP contribution in [0.25, 0.3) is 0 Å². The standard InChI is InChI=1S/C25H52N8O2/c1-19-15-32(11-8-26-2)16-20(30-19)7-13-35-25(34)23-18-33(12-9-27-3)24(14-29-23)21-17-31(5)10-6-22(21)28-4/h19-24,26-30H,6-18H2,1-5H3/t19-,20+,21?,22?,23?,24?/m1/s1. The van der Waals surface area contributed by atoms with Gasteiger partial charge in [-0.1, -0.05) is 0 Å². The lowest BCUT2D eigenvalue weighted by Gasteiger charge is -2.48. The number of rotatable bonds is 12. The third-order valence-corrected chi connectivity index (χ3v) is 8.04. The van der Waals surface area contributed by atoms with Gasteiger partial charge in [-0.25, -0.2) is 0 Å². The third kappa shape index (κ3) is 8.60. The summed E-state index contributed by atoms with van der Waals surface area (Å²) in [7, 11) is 8.29. The van der Waals surface area contributed by atoms with Crippen molar-refractivity contribution in [1.29, 1.82) is 0 Å². The highest BCUT2D eigenvalue weighted by atomic mass is 16.5. The van der Waals surface area contributed by atoms with Gasteiger partial charge < -0.3 is 36.2 Å². The molecule has 6 atom stereocenters. The summed E-state index contributed by atoms with van der Waals surface area (Å²) in [5.41, 5.74) is 0. The Morgan fingerprint density at radius 2 is 1.83 bits per heavy atom. The molecule has 0 aromatic carbocycles. The zero-order valence-corrected chi connectivity index (χ0v) is 22.8. The maximum atomic E-state index is 13.0. The highest BCUT2D eigenvalue weighted by molar-refractivity contribution is 5.76. The van der Waals surface area contributed by atoms with E-state index < -0.39 is 0 Å². The van der Waals surface area contributed by atoms with Crippen molar-refractivity contribution in [3.05, 3.63) is 0 Å². The molecule has 0 aromatic heterocycles. The number of likely N-dealkylation sites (tertiary alicyclic amines) is 1. The highest BCUT2D eigenvalue weighted by Crippen LogP contribution is 2.25. The number of carbonyl (C=O) groups excluding carboxylic acids is 1. The minimum atomic E-state index is -0.261. The average molecular weight is 497 g/mol. The van der Waals surface area contributed by atoms with Crippen LogP contribution in [0.15, 0.2) is 0 Å². The maximum Gasteiger partial charge on any atom is 0.324 e. The van der Waals surface area contributed by atoms with Gasteiger partial charge in [0.05, 0.1) is 6.61 Å². The van der Waals surface area contributed by atoms with Crippen LogP contribution in [0.1, 0.15) is 19.8 Å². The Morgan fingerprint density at radius 3 is 2.57 bits per heavy atom. The Labute approximate surface area is 213 Å². The molecule has 0 amide bonds. The van der Waals surface area contributed by atoms with E-state index in [0.29, 0.717) is 43.2 Å². The van der Waals surface area contributed by atoms with E-state index in [0.717, 1.165) is 65.3 Å². The molecule has 5 N–H and O–H groups in total. The second-order valence-electron chi connectivity index (χ2n) is 10.8. The molecule has 0 aromatic rings. The lowest BCUT2D eigenvalue weighted by molar-refractivity contribution is -0.148. The summed E-state index contributed by atoms with van der Waals surface area (Å²) in [6.45, 7) is 12.4. The smallest absolute Gasteiger partial charge is 0.324 e. The average Bonchev–Trinajstić information content (AvgIpc) is 2.85. The summed E-state index contributed by atoms with van der Waals surface area (Å²) in [6.07, 6.45) is 2.02. The zero-order chi connectivity index (χ0) is 25.2. The van der Waals surface area contributed by atoms with E-state index in [4.69, 9.17) is 4.74 Å². The van der Waals surface area contributed by atoms with Crippen LogP contribution in [0, 0.1) is 5.92 Å². The van der Waals surface area contributed by atoms with E-state index in [9.17, 15) is 4.79 Å². The molecule has 204 valence electrons. The van der Waals surface area contributed by atoms with Crippen LogP contribution in [0.3, 0.4) is 0 Å². The van der Waals surface area contributed by atoms with Gasteiger partial charge in [0, 0.05) is 89.0 Å². The lowest BCUT2D eigenvalue weighted by Crippen LogP contribution is -2.66. The molecular formula is C25H52N8O2. The first kappa shape index (κ1) is 28.7. The van der Waals surface area contributed by atoms with Gasteiger partial charge in [0.25, 0.3) is 0 Å². The summed E-state index contributed by atoms with van der Waals surface area (Å²) in [5.74, 6) is 0.421. The molecule has 0 aliphatic carbocycles. The van der Waals surface area contributed by atoms with E-state index in [-0.39, 0.29) is 12.0 Å². The molecule has 0 saturated carbocycles. The minimum absolute atomic E-state index is 0.111. The van der Waals surface area contributed by atoms with Crippen molar-refractivity contribution in [2.24, 2.45) is 5.92 Å². The molecule has 3 aliphatic heterocycles. The number of piperazine rings is 2. The third-order valence-electron chi connectivity index (χ3n) is 8.04. The molecule has 35 heavy (non-hydrogen) atoms. The van der Waals surface area contributed by atoms with Crippen molar-refractivity contribution in [2.75, 3.05) is 100 Å². The molecule has 0 bridgehead atoms. The molecular weight excluding hydrogens is 444 g/mol. The lowest BCUT2D eigenvalue weighted by atomic mass is 9.83. The van der Waals surface area contributed by atoms with Crippen LogP contribution < -0.4 is 26.6 Å². The van der Waals surface area contributed by atoms with Crippen LogP contribution in [-0.4, -0.2) is 151 Å². The van der Waals surface area contributed by atoms with Gasteiger partial charge in [-0.05, 0) is 54.5 Å². The van der Waals surface area contributed by atoms with Crippen molar-refractivity contribution >= 4 is 5.97 Å². The summed E-state index contributed by atoms with van der Waals surface area (Å²) in [4.78, 5) is 20.4. The van der Waals surface area contributed by atoms with Gasteiger partial charge >= 0.3 is 5.97 Å². The van der Waals surface area contributed by atoms with E-state index in [2.05, 4.69) is 62.3 Å².